The molecule has 2 heterocycles. The van der Waals surface area contributed by atoms with Crippen LogP contribution in [-0.2, 0) is 0 Å². The molecule has 0 bridgehead atoms. The van der Waals surface area contributed by atoms with Gasteiger partial charge >= 0.3 is 0 Å². The molecule has 1 aliphatic rings. The molecule has 4 rings (SSSR count). The molecular formula is C20H17Cl2NO3. The largest absolute Gasteiger partial charge is 0.497 e. The fraction of sp³-hybridized carbons (Fsp3) is 0.150. The minimum absolute atomic E-state index is 0. The lowest BCUT2D eigenvalue weighted by atomic mass is 10.1. The van der Waals surface area contributed by atoms with Gasteiger partial charge in [-0.3, -0.25) is 0 Å². The Balaban J connectivity index is 0.00000196. The van der Waals surface area contributed by atoms with Crippen molar-refractivity contribution >= 4 is 47.1 Å². The van der Waals surface area contributed by atoms with E-state index in [0.29, 0.717) is 18.2 Å². The van der Waals surface area contributed by atoms with Gasteiger partial charge in [-0.1, -0.05) is 23.7 Å². The molecule has 0 aliphatic carbocycles. The van der Waals surface area contributed by atoms with Crippen molar-refractivity contribution in [2.75, 3.05) is 20.3 Å². The van der Waals surface area contributed by atoms with Crippen molar-refractivity contribution in [3.63, 3.8) is 0 Å². The summed E-state index contributed by atoms with van der Waals surface area (Å²) in [4.78, 5) is 4.63. The van der Waals surface area contributed by atoms with Gasteiger partial charge in [0.1, 0.15) is 19.0 Å². The zero-order valence-electron chi connectivity index (χ0n) is 14.1. The van der Waals surface area contributed by atoms with E-state index in [0.717, 1.165) is 39.4 Å². The number of methoxy groups -OCH3 is 1. The van der Waals surface area contributed by atoms with E-state index in [1.807, 2.05) is 54.6 Å². The first-order chi connectivity index (χ1) is 12.2. The maximum absolute atomic E-state index is 6.40. The van der Waals surface area contributed by atoms with Crippen LogP contribution >= 0.6 is 24.0 Å². The number of halogens is 2. The molecule has 0 radical (unpaired) electrons. The molecule has 1 aliphatic heterocycles. The van der Waals surface area contributed by atoms with E-state index >= 15 is 0 Å². The van der Waals surface area contributed by atoms with E-state index in [1.54, 1.807) is 7.11 Å². The fourth-order valence-electron chi connectivity index (χ4n) is 2.74. The Kier molecular flexibility index (Phi) is 5.55. The highest BCUT2D eigenvalue weighted by atomic mass is 35.5. The smallest absolute Gasteiger partial charge is 0.161 e. The van der Waals surface area contributed by atoms with Crippen LogP contribution < -0.4 is 14.2 Å². The average Bonchev–Trinajstić information content (AvgIpc) is 2.66. The minimum atomic E-state index is 0. The number of nitrogens with zero attached hydrogens (tertiary/aromatic N) is 1. The quantitative estimate of drug-likeness (QED) is 0.612. The number of ether oxygens (including phenoxy) is 3. The Morgan fingerprint density at radius 3 is 2.62 bits per heavy atom. The first-order valence-electron chi connectivity index (χ1n) is 7.95. The first-order valence-corrected chi connectivity index (χ1v) is 8.33. The third kappa shape index (κ3) is 3.71. The van der Waals surface area contributed by atoms with E-state index < -0.39 is 0 Å². The van der Waals surface area contributed by atoms with Crippen molar-refractivity contribution in [2.24, 2.45) is 0 Å². The van der Waals surface area contributed by atoms with Crippen LogP contribution in [0.4, 0.5) is 0 Å². The van der Waals surface area contributed by atoms with E-state index in [9.17, 15) is 0 Å². The van der Waals surface area contributed by atoms with Gasteiger partial charge in [0.25, 0.3) is 0 Å². The molecule has 0 saturated heterocycles. The molecule has 26 heavy (non-hydrogen) atoms. The molecular weight excluding hydrogens is 373 g/mol. The summed E-state index contributed by atoms with van der Waals surface area (Å²) in [5, 5.41) is 1.52. The van der Waals surface area contributed by atoms with Crippen LogP contribution in [0.3, 0.4) is 0 Å². The Morgan fingerprint density at radius 2 is 1.81 bits per heavy atom. The lowest BCUT2D eigenvalue weighted by Crippen LogP contribution is -2.15. The molecule has 134 valence electrons. The van der Waals surface area contributed by atoms with Crippen LogP contribution in [0.2, 0.25) is 5.02 Å². The predicted molar refractivity (Wildman–Crippen MR) is 107 cm³/mol. The second kappa shape index (κ2) is 7.85. The summed E-state index contributed by atoms with van der Waals surface area (Å²) in [6.07, 6.45) is 3.91. The maximum Gasteiger partial charge on any atom is 0.161 e. The number of rotatable bonds is 3. The highest BCUT2D eigenvalue weighted by molar-refractivity contribution is 6.35. The second-order valence-electron chi connectivity index (χ2n) is 5.65. The lowest BCUT2D eigenvalue weighted by molar-refractivity contribution is 0.171. The lowest BCUT2D eigenvalue weighted by Gasteiger charge is -2.18. The van der Waals surface area contributed by atoms with Gasteiger partial charge in [0.15, 0.2) is 11.5 Å². The van der Waals surface area contributed by atoms with Crippen LogP contribution in [0.25, 0.3) is 23.1 Å². The summed E-state index contributed by atoms with van der Waals surface area (Å²) in [6.45, 7) is 1.16. The number of hydrogen-bond donors (Lipinski definition) is 0. The SMILES string of the molecule is COc1ccc2nc(/C=C/c3ccc4c(c3)OCCO4)cc(Cl)c2c1.Cl. The molecule has 0 spiro atoms. The number of hydrogen-bond acceptors (Lipinski definition) is 4. The molecule has 0 saturated carbocycles. The average molecular weight is 390 g/mol. The summed E-state index contributed by atoms with van der Waals surface area (Å²) < 4.78 is 16.4. The standard InChI is InChI=1S/C20H16ClNO3.ClH/c1-23-15-5-6-18-16(12-15)17(21)11-14(22-18)4-2-13-3-7-19-20(10-13)25-9-8-24-19;/h2-7,10-12H,8-9H2,1H3;1H/b4-2+;. The van der Waals surface area contributed by atoms with Gasteiger partial charge in [-0.2, -0.15) is 0 Å². The van der Waals surface area contributed by atoms with Crippen molar-refractivity contribution in [3.8, 4) is 17.2 Å². The number of fused-ring (bicyclic) bond motifs is 2. The van der Waals surface area contributed by atoms with Crippen LogP contribution in [-0.4, -0.2) is 25.3 Å². The Bertz CT molecular complexity index is 973. The van der Waals surface area contributed by atoms with Crippen molar-refractivity contribution in [1.29, 1.82) is 0 Å². The number of benzene rings is 2. The van der Waals surface area contributed by atoms with Crippen LogP contribution in [0.5, 0.6) is 17.2 Å². The van der Waals surface area contributed by atoms with Crippen LogP contribution in [0, 0.1) is 0 Å². The Morgan fingerprint density at radius 1 is 1.00 bits per heavy atom. The maximum atomic E-state index is 6.40. The van der Waals surface area contributed by atoms with Gasteiger partial charge in [-0.05, 0) is 48.0 Å². The monoisotopic (exact) mass is 389 g/mol. The molecule has 2 aromatic carbocycles. The van der Waals surface area contributed by atoms with Crippen molar-refractivity contribution in [2.45, 2.75) is 0 Å². The number of pyridine rings is 1. The van der Waals surface area contributed by atoms with Crippen LogP contribution in [0.1, 0.15) is 11.3 Å². The fourth-order valence-corrected chi connectivity index (χ4v) is 3.00. The summed E-state index contributed by atoms with van der Waals surface area (Å²) in [5.74, 6) is 2.31. The van der Waals surface area contributed by atoms with Gasteiger partial charge in [-0.25, -0.2) is 4.98 Å². The zero-order chi connectivity index (χ0) is 17.2. The van der Waals surface area contributed by atoms with Crippen molar-refractivity contribution in [3.05, 3.63) is 58.7 Å². The van der Waals surface area contributed by atoms with Gasteiger partial charge in [-0.15, -0.1) is 12.4 Å². The molecule has 4 nitrogen and oxygen atoms in total. The topological polar surface area (TPSA) is 40.6 Å². The molecule has 0 amide bonds. The van der Waals surface area contributed by atoms with Crippen molar-refractivity contribution < 1.29 is 14.2 Å². The summed E-state index contributed by atoms with van der Waals surface area (Å²) in [7, 11) is 1.63. The summed E-state index contributed by atoms with van der Waals surface area (Å²) >= 11 is 6.40. The van der Waals surface area contributed by atoms with E-state index in [-0.39, 0.29) is 12.4 Å². The van der Waals surface area contributed by atoms with Gasteiger partial charge < -0.3 is 14.2 Å². The summed E-state index contributed by atoms with van der Waals surface area (Å²) in [5.41, 5.74) is 2.63. The third-order valence-corrected chi connectivity index (χ3v) is 4.31. The zero-order valence-corrected chi connectivity index (χ0v) is 15.6. The normalized spacial score (nSPS) is 12.8. The highest BCUT2D eigenvalue weighted by Gasteiger charge is 2.11. The second-order valence-corrected chi connectivity index (χ2v) is 6.06. The molecule has 0 N–H and O–H groups in total. The molecule has 0 unspecified atom stereocenters. The molecule has 6 heteroatoms. The third-order valence-electron chi connectivity index (χ3n) is 4.00. The predicted octanol–water partition coefficient (Wildman–Crippen LogP) is 5.26. The van der Waals surface area contributed by atoms with Crippen LogP contribution in [0.15, 0.2) is 42.5 Å². The van der Waals surface area contributed by atoms with E-state index in [2.05, 4.69) is 4.98 Å². The Labute approximate surface area is 162 Å². The molecule has 0 atom stereocenters. The molecule has 0 fully saturated rings. The molecule has 3 aromatic rings. The highest BCUT2D eigenvalue weighted by Crippen LogP contribution is 2.32. The summed E-state index contributed by atoms with van der Waals surface area (Å²) in [6, 6.07) is 13.4. The van der Waals surface area contributed by atoms with Gasteiger partial charge in [0.05, 0.1) is 23.3 Å². The Hall–Kier alpha value is -2.43. The van der Waals surface area contributed by atoms with Gasteiger partial charge in [0, 0.05) is 5.39 Å². The first kappa shape index (κ1) is 18.4. The van der Waals surface area contributed by atoms with Crippen molar-refractivity contribution in [1.82, 2.24) is 4.98 Å². The molecule has 1 aromatic heterocycles. The van der Waals surface area contributed by atoms with E-state index in [1.165, 1.54) is 0 Å². The minimum Gasteiger partial charge on any atom is -0.497 e. The van der Waals surface area contributed by atoms with E-state index in [4.69, 9.17) is 25.8 Å². The van der Waals surface area contributed by atoms with Gasteiger partial charge in [0.2, 0.25) is 0 Å². The number of aromatic nitrogens is 1.